The monoisotopic (exact) mass is 523 g/mol. The van der Waals surface area contributed by atoms with Gasteiger partial charge in [0, 0.05) is 0 Å². The van der Waals surface area contributed by atoms with Gasteiger partial charge in [-0.2, -0.15) is 13.7 Å². The maximum atomic E-state index is 12.7. The molecule has 1 N–H and O–H groups in total. The van der Waals surface area contributed by atoms with Crippen molar-refractivity contribution in [2.45, 2.75) is 11.8 Å². The molecule has 0 unspecified atom stereocenters. The number of H-pyrrole nitrogens is 1. The molecule has 4 aromatic rings. The Balaban J connectivity index is 1.71. The molecule has 9 heteroatoms. The number of benzene rings is 3. The number of imidazole rings is 1. The van der Waals surface area contributed by atoms with Gasteiger partial charge in [-0.25, -0.2) is 4.98 Å². The van der Waals surface area contributed by atoms with E-state index in [1.165, 1.54) is 19.2 Å². The Kier molecular flexibility index (Phi) is 6.22. The molecule has 0 saturated heterocycles. The van der Waals surface area contributed by atoms with E-state index < -0.39 is 10.1 Å². The molecule has 0 amide bonds. The summed E-state index contributed by atoms with van der Waals surface area (Å²) in [7, 11) is -2.67. The van der Waals surface area contributed by atoms with Gasteiger partial charge in [0.25, 0.3) is 0 Å². The van der Waals surface area contributed by atoms with E-state index in [9.17, 15) is 13.7 Å². The Morgan fingerprint density at radius 2 is 1.88 bits per heavy atom. The number of ether oxygens (including phenoxy) is 1. The van der Waals surface area contributed by atoms with Gasteiger partial charge in [0.15, 0.2) is 11.5 Å². The summed E-state index contributed by atoms with van der Waals surface area (Å²) in [6.07, 6.45) is 1.63. The number of hydrogen-bond acceptors (Lipinski definition) is 6. The number of fused-ring (bicyclic) bond motifs is 1. The van der Waals surface area contributed by atoms with Gasteiger partial charge in [-0.1, -0.05) is 29.8 Å². The minimum atomic E-state index is -4.08. The van der Waals surface area contributed by atoms with Gasteiger partial charge < -0.3 is 13.9 Å². The van der Waals surface area contributed by atoms with Crippen LogP contribution in [0.1, 0.15) is 17.0 Å². The van der Waals surface area contributed by atoms with Crippen LogP contribution in [0.25, 0.3) is 22.7 Å². The molecule has 0 aliphatic heterocycles. The van der Waals surface area contributed by atoms with E-state index in [0.717, 1.165) is 16.6 Å². The molecule has 3 aromatic carbocycles. The zero-order valence-corrected chi connectivity index (χ0v) is 20.1. The molecular weight excluding hydrogens is 506 g/mol. The molecule has 1 heterocycles. The molecule has 7 nitrogen and oxygen atoms in total. The number of nitrogens with one attached hydrogen (secondary N) is 1. The predicted molar refractivity (Wildman–Crippen MR) is 129 cm³/mol. The summed E-state index contributed by atoms with van der Waals surface area (Å²) < 4.78 is 36.6. The number of halogens is 1. The van der Waals surface area contributed by atoms with E-state index in [-0.39, 0.29) is 16.4 Å². The van der Waals surface area contributed by atoms with E-state index in [4.69, 9.17) is 8.92 Å². The standard InChI is InChI=1S/C24H18BrN3O4S/c1-15-7-9-18(10-8-15)33(29,30)32-23-19(25)12-16(13-22(23)31-2)11-17(14-26)24-27-20-5-3-4-6-21(20)28-24/h3-13H,1-2H3,(H,27,28)/b17-11+. The first-order valence-electron chi connectivity index (χ1n) is 9.76. The summed E-state index contributed by atoms with van der Waals surface area (Å²) in [5.74, 6) is 0.627. The van der Waals surface area contributed by atoms with Crippen molar-refractivity contribution in [3.63, 3.8) is 0 Å². The third kappa shape index (κ3) is 4.77. The average Bonchev–Trinajstić information content (AvgIpc) is 3.23. The van der Waals surface area contributed by atoms with Crippen LogP contribution >= 0.6 is 15.9 Å². The summed E-state index contributed by atoms with van der Waals surface area (Å²) in [5, 5.41) is 9.69. The number of nitriles is 1. The van der Waals surface area contributed by atoms with Crippen molar-refractivity contribution in [1.29, 1.82) is 5.26 Å². The van der Waals surface area contributed by atoms with Crippen molar-refractivity contribution in [2.24, 2.45) is 0 Å². The Bertz CT molecular complexity index is 1480. The number of aryl methyl sites for hydroxylation is 1. The Morgan fingerprint density at radius 3 is 2.55 bits per heavy atom. The van der Waals surface area contributed by atoms with Gasteiger partial charge in [0.1, 0.15) is 16.8 Å². The lowest BCUT2D eigenvalue weighted by Crippen LogP contribution is -2.11. The fourth-order valence-corrected chi connectivity index (χ4v) is 4.77. The number of allylic oxidation sites excluding steroid dienone is 1. The SMILES string of the molecule is COc1cc(/C=C(\C#N)c2nc3ccccc3[nH]2)cc(Br)c1OS(=O)(=O)c1ccc(C)cc1. The predicted octanol–water partition coefficient (Wildman–Crippen LogP) is 5.47. The van der Waals surface area contributed by atoms with Crippen molar-refractivity contribution < 1.29 is 17.3 Å². The highest BCUT2D eigenvalue weighted by molar-refractivity contribution is 9.10. The molecule has 4 rings (SSSR count). The number of rotatable bonds is 6. The first kappa shape index (κ1) is 22.6. The molecule has 0 atom stereocenters. The number of para-hydroxylation sites is 2. The average molecular weight is 524 g/mol. The second-order valence-corrected chi connectivity index (χ2v) is 9.56. The quantitative estimate of drug-likeness (QED) is 0.265. The van der Waals surface area contributed by atoms with E-state index in [1.807, 2.05) is 31.2 Å². The minimum Gasteiger partial charge on any atom is -0.493 e. The van der Waals surface area contributed by atoms with Crippen molar-refractivity contribution in [3.8, 4) is 17.6 Å². The molecule has 0 radical (unpaired) electrons. The Morgan fingerprint density at radius 1 is 1.15 bits per heavy atom. The van der Waals surface area contributed by atoms with Crippen LogP contribution in [0, 0.1) is 18.3 Å². The third-order valence-corrected chi connectivity index (χ3v) is 6.66. The lowest BCUT2D eigenvalue weighted by atomic mass is 10.1. The summed E-state index contributed by atoms with van der Waals surface area (Å²) in [4.78, 5) is 7.61. The number of aromatic nitrogens is 2. The summed E-state index contributed by atoms with van der Waals surface area (Å²) in [5.41, 5.74) is 3.40. The van der Waals surface area contributed by atoms with Crippen molar-refractivity contribution in [1.82, 2.24) is 9.97 Å². The molecular formula is C24H18BrN3O4S. The molecule has 0 aliphatic carbocycles. The van der Waals surface area contributed by atoms with Crippen LogP contribution in [0.5, 0.6) is 11.5 Å². The lowest BCUT2D eigenvalue weighted by Gasteiger charge is -2.13. The zero-order valence-electron chi connectivity index (χ0n) is 17.7. The van der Waals surface area contributed by atoms with Crippen LogP contribution in [0.3, 0.4) is 0 Å². The topological polar surface area (TPSA) is 105 Å². The van der Waals surface area contributed by atoms with Gasteiger partial charge in [-0.3, -0.25) is 0 Å². The van der Waals surface area contributed by atoms with Gasteiger partial charge >= 0.3 is 10.1 Å². The second-order valence-electron chi connectivity index (χ2n) is 7.16. The maximum Gasteiger partial charge on any atom is 0.339 e. The van der Waals surface area contributed by atoms with Crippen LogP contribution in [0.2, 0.25) is 0 Å². The molecule has 33 heavy (non-hydrogen) atoms. The normalized spacial score (nSPS) is 11.9. The molecule has 1 aromatic heterocycles. The fraction of sp³-hybridized carbons (Fsp3) is 0.0833. The number of nitrogens with zero attached hydrogens (tertiary/aromatic N) is 2. The number of aromatic amines is 1. The maximum absolute atomic E-state index is 12.7. The first-order chi connectivity index (χ1) is 15.8. The van der Waals surface area contributed by atoms with Crippen molar-refractivity contribution >= 4 is 48.7 Å². The minimum absolute atomic E-state index is 0.0115. The van der Waals surface area contributed by atoms with Gasteiger partial charge in [-0.05, 0) is 70.9 Å². The molecule has 166 valence electrons. The fourth-order valence-electron chi connectivity index (χ4n) is 3.17. The molecule has 0 aliphatic rings. The van der Waals surface area contributed by atoms with Gasteiger partial charge in [0.05, 0.1) is 28.2 Å². The van der Waals surface area contributed by atoms with Crippen LogP contribution in [-0.2, 0) is 10.1 Å². The molecule has 0 spiro atoms. The Hall–Kier alpha value is -3.61. The lowest BCUT2D eigenvalue weighted by molar-refractivity contribution is 0.389. The van der Waals surface area contributed by atoms with Gasteiger partial charge in [0.2, 0.25) is 0 Å². The van der Waals surface area contributed by atoms with Crippen molar-refractivity contribution in [2.75, 3.05) is 7.11 Å². The molecule has 0 fully saturated rings. The third-order valence-electron chi connectivity index (χ3n) is 4.83. The smallest absolute Gasteiger partial charge is 0.339 e. The van der Waals surface area contributed by atoms with Crippen LogP contribution in [0.15, 0.2) is 70.0 Å². The van der Waals surface area contributed by atoms with E-state index in [0.29, 0.717) is 21.4 Å². The number of hydrogen-bond donors (Lipinski definition) is 1. The summed E-state index contributed by atoms with van der Waals surface area (Å²) >= 11 is 3.37. The highest BCUT2D eigenvalue weighted by Crippen LogP contribution is 2.39. The molecule has 0 bridgehead atoms. The van der Waals surface area contributed by atoms with E-state index >= 15 is 0 Å². The van der Waals surface area contributed by atoms with Crippen LogP contribution in [0.4, 0.5) is 0 Å². The van der Waals surface area contributed by atoms with E-state index in [2.05, 4.69) is 32.0 Å². The summed E-state index contributed by atoms with van der Waals surface area (Å²) in [6.45, 7) is 1.87. The van der Waals surface area contributed by atoms with Gasteiger partial charge in [-0.15, -0.1) is 0 Å². The summed E-state index contributed by atoms with van der Waals surface area (Å²) in [6, 6.07) is 19.2. The van der Waals surface area contributed by atoms with Crippen LogP contribution in [-0.4, -0.2) is 25.5 Å². The largest absolute Gasteiger partial charge is 0.493 e. The van der Waals surface area contributed by atoms with E-state index in [1.54, 1.807) is 30.3 Å². The highest BCUT2D eigenvalue weighted by Gasteiger charge is 2.22. The zero-order chi connectivity index (χ0) is 23.6. The van der Waals surface area contributed by atoms with Crippen molar-refractivity contribution in [3.05, 3.63) is 82.1 Å². The first-order valence-corrected chi connectivity index (χ1v) is 12.0. The molecule has 0 saturated carbocycles. The Labute approximate surface area is 199 Å². The highest BCUT2D eigenvalue weighted by atomic mass is 79.9. The number of methoxy groups -OCH3 is 1. The van der Waals surface area contributed by atoms with Crippen LogP contribution < -0.4 is 8.92 Å². The second kappa shape index (κ2) is 9.10.